The lowest BCUT2D eigenvalue weighted by Gasteiger charge is -2.26. The third-order valence-corrected chi connectivity index (χ3v) is 4.58. The number of alkyl halides is 3. The van der Waals surface area contributed by atoms with Gasteiger partial charge in [0.05, 0.1) is 25.2 Å². The van der Waals surface area contributed by atoms with Crippen molar-refractivity contribution in [2.45, 2.75) is 12.6 Å². The zero-order valence-electron chi connectivity index (χ0n) is 15.6. The molecule has 0 radical (unpaired) electrons. The average Bonchev–Trinajstić information content (AvgIpc) is 2.73. The minimum Gasteiger partial charge on any atom is -0.378 e. The van der Waals surface area contributed by atoms with Gasteiger partial charge in [-0.1, -0.05) is 42.5 Å². The van der Waals surface area contributed by atoms with E-state index in [-0.39, 0.29) is 16.9 Å². The Hall–Kier alpha value is -2.93. The van der Waals surface area contributed by atoms with Crippen LogP contribution in [0.5, 0.6) is 0 Å². The van der Waals surface area contributed by atoms with Crippen molar-refractivity contribution in [3.8, 4) is 0 Å². The van der Waals surface area contributed by atoms with Gasteiger partial charge in [-0.3, -0.25) is 9.59 Å². The Morgan fingerprint density at radius 2 is 1.62 bits per heavy atom. The van der Waals surface area contributed by atoms with E-state index in [1.165, 1.54) is 12.1 Å². The van der Waals surface area contributed by atoms with Gasteiger partial charge in [0.2, 0.25) is 0 Å². The molecule has 0 unspecified atom stereocenters. The van der Waals surface area contributed by atoms with Gasteiger partial charge < -0.3 is 9.64 Å². The summed E-state index contributed by atoms with van der Waals surface area (Å²) in [4.78, 5) is 27.2. The van der Waals surface area contributed by atoms with E-state index in [1.807, 2.05) is 4.90 Å². The van der Waals surface area contributed by atoms with Gasteiger partial charge >= 0.3 is 6.18 Å². The van der Waals surface area contributed by atoms with E-state index in [9.17, 15) is 22.8 Å². The molecule has 1 heterocycles. The monoisotopic (exact) mass is 403 g/mol. The van der Waals surface area contributed by atoms with Crippen molar-refractivity contribution in [3.05, 3.63) is 77.5 Å². The van der Waals surface area contributed by atoms with Crippen molar-refractivity contribution >= 4 is 17.1 Å². The van der Waals surface area contributed by atoms with Crippen molar-refractivity contribution in [1.82, 2.24) is 4.90 Å². The Kier molecular flexibility index (Phi) is 6.49. The lowest BCUT2D eigenvalue weighted by Crippen LogP contribution is -2.32. The summed E-state index contributed by atoms with van der Waals surface area (Å²) in [5.74, 6) is -0.903. The first-order chi connectivity index (χ1) is 13.8. The van der Waals surface area contributed by atoms with E-state index in [0.29, 0.717) is 31.9 Å². The molecule has 4 nitrogen and oxygen atoms in total. The number of allylic oxidation sites excluding steroid dienone is 1. The summed E-state index contributed by atoms with van der Waals surface area (Å²) in [6.07, 6.45) is -3.40. The molecule has 0 saturated carbocycles. The predicted molar refractivity (Wildman–Crippen MR) is 102 cm³/mol. The number of rotatable bonds is 6. The van der Waals surface area contributed by atoms with E-state index in [1.54, 1.807) is 36.5 Å². The molecule has 0 spiro atoms. The van der Waals surface area contributed by atoms with Crippen LogP contribution >= 0.6 is 0 Å². The van der Waals surface area contributed by atoms with Crippen LogP contribution in [0.25, 0.3) is 5.57 Å². The number of carbonyl (C=O) groups is 2. The first-order valence-corrected chi connectivity index (χ1v) is 9.17. The number of nitrogens with zero attached hydrogens (tertiary/aromatic N) is 1. The SMILES string of the molecule is O=C(CC(=O)c1ccccc1)C(=CN1CCOCC1)c1cccc(C(F)(F)F)c1. The Labute approximate surface area is 166 Å². The summed E-state index contributed by atoms with van der Waals surface area (Å²) < 4.78 is 44.7. The summed E-state index contributed by atoms with van der Waals surface area (Å²) in [7, 11) is 0. The van der Waals surface area contributed by atoms with Crippen LogP contribution in [0.1, 0.15) is 27.9 Å². The molecule has 3 rings (SSSR count). The topological polar surface area (TPSA) is 46.6 Å². The zero-order chi connectivity index (χ0) is 20.9. The Morgan fingerprint density at radius 1 is 0.966 bits per heavy atom. The van der Waals surface area contributed by atoms with Gasteiger partial charge in [0, 0.05) is 30.4 Å². The molecule has 0 bridgehead atoms. The molecule has 1 fully saturated rings. The molecule has 1 aliphatic rings. The molecule has 7 heteroatoms. The molecule has 0 aromatic heterocycles. The maximum atomic E-state index is 13.1. The first-order valence-electron chi connectivity index (χ1n) is 9.17. The molecule has 0 aliphatic carbocycles. The van der Waals surface area contributed by atoms with E-state index in [0.717, 1.165) is 12.1 Å². The van der Waals surface area contributed by atoms with Gasteiger partial charge in [0.1, 0.15) is 0 Å². The van der Waals surface area contributed by atoms with Crippen molar-refractivity contribution < 1.29 is 27.5 Å². The van der Waals surface area contributed by atoms with Crippen LogP contribution in [-0.2, 0) is 15.7 Å². The molecule has 0 N–H and O–H groups in total. The number of ether oxygens (including phenoxy) is 1. The molecular weight excluding hydrogens is 383 g/mol. The number of Topliss-reactive ketones (excluding diaryl/α,β-unsaturated/α-hetero) is 2. The molecule has 0 amide bonds. The number of hydrogen-bond acceptors (Lipinski definition) is 4. The van der Waals surface area contributed by atoms with Gasteiger partial charge in [-0.25, -0.2) is 0 Å². The first kappa shape index (κ1) is 20.8. The number of ketones is 2. The molecule has 152 valence electrons. The van der Waals surface area contributed by atoms with Gasteiger partial charge in [0.25, 0.3) is 0 Å². The third-order valence-electron chi connectivity index (χ3n) is 4.58. The van der Waals surface area contributed by atoms with E-state index in [2.05, 4.69) is 0 Å². The second kappa shape index (κ2) is 9.05. The highest BCUT2D eigenvalue weighted by Crippen LogP contribution is 2.31. The largest absolute Gasteiger partial charge is 0.416 e. The van der Waals surface area contributed by atoms with Crippen LogP contribution in [0, 0.1) is 0 Å². The van der Waals surface area contributed by atoms with E-state index >= 15 is 0 Å². The Morgan fingerprint density at radius 3 is 2.28 bits per heavy atom. The maximum absolute atomic E-state index is 13.1. The average molecular weight is 403 g/mol. The van der Waals surface area contributed by atoms with E-state index < -0.39 is 23.9 Å². The van der Waals surface area contributed by atoms with Crippen molar-refractivity contribution in [1.29, 1.82) is 0 Å². The number of halogens is 3. The number of hydrogen-bond donors (Lipinski definition) is 0. The second-order valence-corrected chi connectivity index (χ2v) is 6.66. The maximum Gasteiger partial charge on any atom is 0.416 e. The van der Waals surface area contributed by atoms with Crippen LogP contribution in [0.4, 0.5) is 13.2 Å². The summed E-state index contributed by atoms with van der Waals surface area (Å²) in [6, 6.07) is 12.9. The molecular formula is C22H20F3NO3. The van der Waals surface area contributed by atoms with Gasteiger partial charge in [-0.15, -0.1) is 0 Å². The summed E-state index contributed by atoms with van der Waals surface area (Å²) in [6.45, 7) is 1.96. The molecule has 2 aromatic rings. The van der Waals surface area contributed by atoms with Gasteiger partial charge in [-0.2, -0.15) is 13.2 Å². The molecule has 0 atom stereocenters. The van der Waals surface area contributed by atoms with Gasteiger partial charge in [0.15, 0.2) is 11.6 Å². The summed E-state index contributed by atoms with van der Waals surface area (Å²) >= 11 is 0. The summed E-state index contributed by atoms with van der Waals surface area (Å²) in [5, 5.41) is 0. The van der Waals surface area contributed by atoms with Crippen molar-refractivity contribution in [3.63, 3.8) is 0 Å². The van der Waals surface area contributed by atoms with Crippen LogP contribution < -0.4 is 0 Å². The highest BCUT2D eigenvalue weighted by atomic mass is 19.4. The van der Waals surface area contributed by atoms with Crippen LogP contribution in [0.3, 0.4) is 0 Å². The number of benzene rings is 2. The molecule has 29 heavy (non-hydrogen) atoms. The lowest BCUT2D eigenvalue weighted by atomic mass is 9.95. The zero-order valence-corrected chi connectivity index (χ0v) is 15.6. The molecule has 2 aromatic carbocycles. The second-order valence-electron chi connectivity index (χ2n) is 6.66. The Bertz CT molecular complexity index is 901. The van der Waals surface area contributed by atoms with Crippen molar-refractivity contribution in [2.75, 3.05) is 26.3 Å². The predicted octanol–water partition coefficient (Wildman–Crippen LogP) is 4.22. The van der Waals surface area contributed by atoms with E-state index in [4.69, 9.17) is 4.74 Å². The smallest absolute Gasteiger partial charge is 0.378 e. The van der Waals surface area contributed by atoms with Crippen LogP contribution in [-0.4, -0.2) is 42.8 Å². The van der Waals surface area contributed by atoms with Crippen molar-refractivity contribution in [2.24, 2.45) is 0 Å². The normalized spacial score (nSPS) is 15.3. The third kappa shape index (κ3) is 5.54. The van der Waals surface area contributed by atoms with Crippen LogP contribution in [0.15, 0.2) is 60.8 Å². The lowest BCUT2D eigenvalue weighted by molar-refractivity contribution is -0.137. The quantitative estimate of drug-likeness (QED) is 0.412. The molecule has 1 aliphatic heterocycles. The summed E-state index contributed by atoms with van der Waals surface area (Å²) in [5.41, 5.74) is -0.236. The van der Waals surface area contributed by atoms with Crippen LogP contribution in [0.2, 0.25) is 0 Å². The Balaban J connectivity index is 1.92. The molecule has 1 saturated heterocycles. The minimum absolute atomic E-state index is 0.0854. The fourth-order valence-corrected chi connectivity index (χ4v) is 3.03. The highest BCUT2D eigenvalue weighted by molar-refractivity contribution is 6.27. The highest BCUT2D eigenvalue weighted by Gasteiger charge is 2.31. The fourth-order valence-electron chi connectivity index (χ4n) is 3.03. The number of morpholine rings is 1. The standard InChI is InChI=1S/C22H20F3NO3/c23-22(24,25)18-8-4-7-17(13-18)19(15-26-9-11-29-12-10-26)21(28)14-20(27)16-5-2-1-3-6-16/h1-8,13,15H,9-12,14H2. The minimum atomic E-state index is -4.52. The fraction of sp³-hybridized carbons (Fsp3) is 0.273. The van der Waals surface area contributed by atoms with Gasteiger partial charge in [-0.05, 0) is 17.7 Å². The number of carbonyl (C=O) groups excluding carboxylic acids is 2.